The van der Waals surface area contributed by atoms with Crippen LogP contribution in [0.25, 0.3) is 6.08 Å². The molecular formula is C29H26O16. The molecule has 5 unspecified atom stereocenters. The van der Waals surface area contributed by atoms with Gasteiger partial charge in [0.05, 0.1) is 11.1 Å². The van der Waals surface area contributed by atoms with E-state index in [2.05, 4.69) is 0 Å². The van der Waals surface area contributed by atoms with E-state index in [9.17, 15) is 60.3 Å². The molecule has 4 rings (SSSR count). The quantitative estimate of drug-likeness (QED) is 0.0717. The number of esters is 3. The zero-order valence-electron chi connectivity index (χ0n) is 22.8. The first-order valence-corrected chi connectivity index (χ1v) is 12.8. The van der Waals surface area contributed by atoms with Crippen molar-refractivity contribution < 1.29 is 79.3 Å². The number of aliphatic hydroxyl groups is 2. The summed E-state index contributed by atoms with van der Waals surface area (Å²) in [5.41, 5.74) is -0.465. The molecule has 16 heteroatoms. The number of hydrogen-bond acceptors (Lipinski definition) is 16. The molecule has 0 aliphatic carbocycles. The third-order valence-electron chi connectivity index (χ3n) is 6.41. The maximum atomic E-state index is 12.9. The van der Waals surface area contributed by atoms with Gasteiger partial charge < -0.3 is 64.9 Å². The van der Waals surface area contributed by atoms with E-state index < -0.39 is 101 Å². The molecule has 1 saturated heterocycles. The van der Waals surface area contributed by atoms with Crippen molar-refractivity contribution in [3.05, 3.63) is 71.3 Å². The summed E-state index contributed by atoms with van der Waals surface area (Å²) in [6.45, 7) is -0.824. The molecule has 1 aliphatic heterocycles. The number of rotatable bonds is 8. The lowest BCUT2D eigenvalue weighted by Crippen LogP contribution is -2.61. The van der Waals surface area contributed by atoms with Crippen LogP contribution < -0.4 is 0 Å². The Morgan fingerprint density at radius 2 is 1.22 bits per heavy atom. The van der Waals surface area contributed by atoms with Gasteiger partial charge in [-0.2, -0.15) is 0 Å². The van der Waals surface area contributed by atoms with Crippen LogP contribution in [0.5, 0.6) is 40.2 Å². The molecular weight excluding hydrogens is 604 g/mol. The predicted octanol–water partition coefficient (Wildman–Crippen LogP) is 0.711. The summed E-state index contributed by atoms with van der Waals surface area (Å²) in [4.78, 5) is 37.9. The zero-order chi connectivity index (χ0) is 33.0. The number of benzene rings is 3. The molecule has 9 N–H and O–H groups in total. The summed E-state index contributed by atoms with van der Waals surface area (Å²) in [7, 11) is 0. The number of hydrogen-bond donors (Lipinski definition) is 9. The third kappa shape index (κ3) is 7.45. The first-order valence-electron chi connectivity index (χ1n) is 12.8. The van der Waals surface area contributed by atoms with Gasteiger partial charge in [0.25, 0.3) is 0 Å². The highest BCUT2D eigenvalue weighted by Gasteiger charge is 2.49. The first-order chi connectivity index (χ1) is 21.2. The Hall–Kier alpha value is -5.71. The van der Waals surface area contributed by atoms with Gasteiger partial charge in [-0.15, -0.1) is 0 Å². The molecule has 238 valence electrons. The van der Waals surface area contributed by atoms with E-state index in [1.165, 1.54) is 30.3 Å². The monoisotopic (exact) mass is 630 g/mol. The maximum absolute atomic E-state index is 12.9. The van der Waals surface area contributed by atoms with Gasteiger partial charge in [0, 0.05) is 6.08 Å². The molecule has 3 aromatic carbocycles. The van der Waals surface area contributed by atoms with Gasteiger partial charge in [0.2, 0.25) is 6.29 Å². The SMILES string of the molecule is O=C(/C=C\c1ccc(O)cc1)OC1C(OC(=O)c2cc(O)c(O)c(O)c2)OC(COC(=O)c2cc(O)c(O)c(O)c2)C(O)C1O. The van der Waals surface area contributed by atoms with E-state index in [0.717, 1.165) is 30.3 Å². The standard InChI is InChI=1S/C29H26O16/c30-15-4-1-12(2-5-15)3-6-21(35)44-26-25(39)24(38)20(11-42-27(40)13-7-16(31)22(36)17(32)8-13)43-29(26)45-28(41)14-9-18(33)23(37)19(34)10-14/h1-10,20,24-26,29-34,36-39H,11H2/b6-3-. The Morgan fingerprint density at radius 3 is 1.76 bits per heavy atom. The highest BCUT2D eigenvalue weighted by atomic mass is 16.7. The summed E-state index contributed by atoms with van der Waals surface area (Å²) in [5.74, 6) is -8.89. The molecule has 0 saturated carbocycles. The minimum atomic E-state index is -2.02. The second-order valence-electron chi connectivity index (χ2n) is 9.58. The number of aromatic hydroxyl groups is 7. The van der Waals surface area contributed by atoms with Crippen molar-refractivity contribution in [2.45, 2.75) is 30.7 Å². The molecule has 5 atom stereocenters. The van der Waals surface area contributed by atoms with E-state index in [1.807, 2.05) is 0 Å². The van der Waals surface area contributed by atoms with Gasteiger partial charge in [-0.1, -0.05) is 12.1 Å². The molecule has 1 heterocycles. The average molecular weight is 631 g/mol. The van der Waals surface area contributed by atoms with Crippen LogP contribution in [-0.4, -0.2) is 101 Å². The highest BCUT2D eigenvalue weighted by Crippen LogP contribution is 2.37. The third-order valence-corrected chi connectivity index (χ3v) is 6.41. The Labute approximate surface area is 252 Å². The predicted molar refractivity (Wildman–Crippen MR) is 146 cm³/mol. The zero-order valence-corrected chi connectivity index (χ0v) is 22.8. The summed E-state index contributed by atoms with van der Waals surface area (Å²) >= 11 is 0. The summed E-state index contributed by atoms with van der Waals surface area (Å²) < 4.78 is 20.9. The summed E-state index contributed by atoms with van der Waals surface area (Å²) in [6.07, 6.45) is -7.24. The molecule has 45 heavy (non-hydrogen) atoms. The van der Waals surface area contributed by atoms with Crippen LogP contribution in [-0.2, 0) is 23.7 Å². The van der Waals surface area contributed by atoms with E-state index in [4.69, 9.17) is 18.9 Å². The second-order valence-corrected chi connectivity index (χ2v) is 9.58. The Morgan fingerprint density at radius 1 is 0.711 bits per heavy atom. The molecule has 1 aliphatic rings. The molecule has 3 aromatic rings. The van der Waals surface area contributed by atoms with Gasteiger partial charge in [0.1, 0.15) is 30.7 Å². The minimum absolute atomic E-state index is 0.0225. The number of carbonyl (C=O) groups is 3. The smallest absolute Gasteiger partial charge is 0.340 e. The molecule has 0 radical (unpaired) electrons. The van der Waals surface area contributed by atoms with E-state index in [0.29, 0.717) is 5.56 Å². The molecule has 0 spiro atoms. The van der Waals surface area contributed by atoms with Gasteiger partial charge in [0.15, 0.2) is 40.6 Å². The molecule has 0 amide bonds. The van der Waals surface area contributed by atoms with E-state index >= 15 is 0 Å². The number of ether oxygens (including phenoxy) is 4. The number of carbonyl (C=O) groups excluding carboxylic acids is 3. The van der Waals surface area contributed by atoms with E-state index in [1.54, 1.807) is 0 Å². The van der Waals surface area contributed by atoms with Crippen molar-refractivity contribution in [3.63, 3.8) is 0 Å². The lowest BCUT2D eigenvalue weighted by Gasteiger charge is -2.41. The van der Waals surface area contributed by atoms with Crippen molar-refractivity contribution in [2.75, 3.05) is 6.61 Å². The van der Waals surface area contributed by atoms with Gasteiger partial charge in [-0.05, 0) is 48.0 Å². The second kappa shape index (κ2) is 13.3. The average Bonchev–Trinajstić information content (AvgIpc) is 3.00. The molecule has 1 fully saturated rings. The fraction of sp³-hybridized carbons (Fsp3) is 0.207. The fourth-order valence-corrected chi connectivity index (χ4v) is 4.05. The Bertz CT molecular complexity index is 1570. The van der Waals surface area contributed by atoms with Crippen molar-refractivity contribution in [1.82, 2.24) is 0 Å². The first kappa shape index (κ1) is 32.2. The van der Waals surface area contributed by atoms with Crippen molar-refractivity contribution in [2.24, 2.45) is 0 Å². The van der Waals surface area contributed by atoms with Crippen LogP contribution in [0.2, 0.25) is 0 Å². The Kier molecular flexibility index (Phi) is 9.51. The highest BCUT2D eigenvalue weighted by molar-refractivity contribution is 5.92. The van der Waals surface area contributed by atoms with Gasteiger partial charge in [-0.25, -0.2) is 14.4 Å². The maximum Gasteiger partial charge on any atom is 0.340 e. The normalized spacial score (nSPS) is 21.2. The minimum Gasteiger partial charge on any atom is -0.508 e. The van der Waals surface area contributed by atoms with E-state index in [-0.39, 0.29) is 5.75 Å². The number of aliphatic hydroxyl groups excluding tert-OH is 2. The van der Waals surface area contributed by atoms with Crippen LogP contribution >= 0.6 is 0 Å². The van der Waals surface area contributed by atoms with Crippen LogP contribution in [0.4, 0.5) is 0 Å². The topological polar surface area (TPSA) is 270 Å². The summed E-state index contributed by atoms with van der Waals surface area (Å²) in [6, 6.07) is 8.67. The van der Waals surface area contributed by atoms with Crippen molar-refractivity contribution in [1.29, 1.82) is 0 Å². The van der Waals surface area contributed by atoms with Crippen LogP contribution in [0.1, 0.15) is 26.3 Å². The molecule has 0 aromatic heterocycles. The molecule has 16 nitrogen and oxygen atoms in total. The van der Waals surface area contributed by atoms with Crippen LogP contribution in [0.3, 0.4) is 0 Å². The number of phenols is 7. The molecule has 0 bridgehead atoms. The van der Waals surface area contributed by atoms with Crippen molar-refractivity contribution in [3.8, 4) is 40.2 Å². The van der Waals surface area contributed by atoms with Gasteiger partial charge in [-0.3, -0.25) is 0 Å². The van der Waals surface area contributed by atoms with Crippen LogP contribution in [0.15, 0.2) is 54.6 Å². The fourth-order valence-electron chi connectivity index (χ4n) is 4.05. The number of phenolic OH excluding ortho intramolecular Hbond substituents is 7. The van der Waals surface area contributed by atoms with Crippen molar-refractivity contribution >= 4 is 24.0 Å². The van der Waals surface area contributed by atoms with Gasteiger partial charge >= 0.3 is 17.9 Å². The lowest BCUT2D eigenvalue weighted by molar-refractivity contribution is -0.288. The van der Waals surface area contributed by atoms with Crippen LogP contribution in [0, 0.1) is 0 Å². The Balaban J connectivity index is 1.54. The lowest BCUT2D eigenvalue weighted by atomic mass is 9.99. The summed E-state index contributed by atoms with van der Waals surface area (Å²) in [5, 5.41) is 88.7. The largest absolute Gasteiger partial charge is 0.508 e.